The molecule has 76 heavy (non-hydrogen) atoms. The Morgan fingerprint density at radius 3 is 0.776 bits per heavy atom. The normalized spacial score (nSPS) is 14.4. The summed E-state index contributed by atoms with van der Waals surface area (Å²) in [5, 5.41) is 10.5. The minimum atomic E-state index is -4.93. The molecular weight excluding hydrogens is 1020 g/mol. The lowest BCUT2D eigenvalue weighted by molar-refractivity contribution is -0.161. The lowest BCUT2D eigenvalue weighted by atomic mass is 10.1. The Kier molecular flexibility index (Phi) is 51.1. The summed E-state index contributed by atoms with van der Waals surface area (Å²) in [4.78, 5) is 71.6. The van der Waals surface area contributed by atoms with Crippen molar-refractivity contribution in [2.45, 2.75) is 303 Å². The van der Waals surface area contributed by atoms with E-state index in [1.165, 1.54) is 109 Å². The van der Waals surface area contributed by atoms with Gasteiger partial charge in [-0.15, -0.1) is 0 Å². The molecule has 0 aliphatic heterocycles. The van der Waals surface area contributed by atoms with Crippen LogP contribution in [0.1, 0.15) is 285 Å². The molecule has 0 aromatic rings. The second kappa shape index (κ2) is 52.4. The van der Waals surface area contributed by atoms with Crippen molar-refractivity contribution in [3.05, 3.63) is 0 Å². The number of phosphoric ester groups is 2. The fourth-order valence-corrected chi connectivity index (χ4v) is 9.98. The smallest absolute Gasteiger partial charge is 0.462 e. The van der Waals surface area contributed by atoms with E-state index in [9.17, 15) is 43.2 Å². The van der Waals surface area contributed by atoms with Gasteiger partial charge in [0, 0.05) is 25.7 Å². The maximum atomic E-state index is 12.9. The SMILES string of the molecule is CCCCCCCCCCCCCC(=O)OC[C@H](COP(=O)(O)OC[C@@H](O)COP(=O)(O)OC[C@@H](COC(=O)CCCCCCC)OC(=O)CCCCCCCCCCC)OC(=O)CCCCCCCCCCCCC. The molecule has 0 fully saturated rings. The van der Waals surface area contributed by atoms with Crippen LogP contribution in [0, 0.1) is 0 Å². The van der Waals surface area contributed by atoms with Gasteiger partial charge in [0.25, 0.3) is 0 Å². The predicted octanol–water partition coefficient (Wildman–Crippen LogP) is 15.2. The van der Waals surface area contributed by atoms with Crippen LogP contribution in [0.2, 0.25) is 0 Å². The Balaban J connectivity index is 5.18. The molecule has 5 atom stereocenters. The van der Waals surface area contributed by atoms with Crippen LogP contribution in [0.15, 0.2) is 0 Å². The standard InChI is InChI=1S/C57H110O17P2/c1-5-9-13-17-20-23-25-28-30-34-38-42-55(60)68-48-53(74-57(62)44-40-36-32-29-26-24-21-18-14-10-6-2)50-72-76(65,66)70-46-51(58)45-69-75(63,64)71-49-52(47-67-54(59)41-37-33-16-12-8-4)73-56(61)43-39-35-31-27-22-19-15-11-7-3/h51-53,58H,5-50H2,1-4H3,(H,63,64)(H,65,66)/t51-,52+,53+/m0/s1. The average molecular weight is 1130 g/mol. The molecule has 0 aromatic carbocycles. The van der Waals surface area contributed by atoms with Crippen LogP contribution in [0.4, 0.5) is 0 Å². The minimum Gasteiger partial charge on any atom is -0.462 e. The summed E-state index contributed by atoms with van der Waals surface area (Å²) in [5.74, 6) is -2.15. The van der Waals surface area contributed by atoms with Crippen LogP contribution in [0.3, 0.4) is 0 Å². The van der Waals surface area contributed by atoms with E-state index >= 15 is 0 Å². The zero-order chi connectivity index (χ0) is 56.2. The molecule has 0 bridgehead atoms. The van der Waals surface area contributed by atoms with Crippen LogP contribution in [-0.4, -0.2) is 96.7 Å². The van der Waals surface area contributed by atoms with Crippen molar-refractivity contribution in [2.24, 2.45) is 0 Å². The summed E-state index contributed by atoms with van der Waals surface area (Å²) < 4.78 is 67.5. The number of carbonyl (C=O) groups is 4. The first-order chi connectivity index (χ1) is 36.7. The van der Waals surface area contributed by atoms with E-state index in [1.807, 2.05) is 0 Å². The van der Waals surface area contributed by atoms with Crippen molar-refractivity contribution >= 4 is 39.5 Å². The Morgan fingerprint density at radius 1 is 0.316 bits per heavy atom. The molecule has 0 saturated carbocycles. The molecule has 0 spiro atoms. The van der Waals surface area contributed by atoms with E-state index in [2.05, 4.69) is 27.7 Å². The first kappa shape index (κ1) is 74.1. The van der Waals surface area contributed by atoms with Gasteiger partial charge in [-0.1, -0.05) is 233 Å². The van der Waals surface area contributed by atoms with Crippen LogP contribution in [0.5, 0.6) is 0 Å². The molecule has 0 aromatic heterocycles. The van der Waals surface area contributed by atoms with Gasteiger partial charge < -0.3 is 33.8 Å². The van der Waals surface area contributed by atoms with E-state index in [0.717, 1.165) is 96.3 Å². The van der Waals surface area contributed by atoms with Gasteiger partial charge in [-0.05, 0) is 25.7 Å². The third kappa shape index (κ3) is 51.5. The summed E-state index contributed by atoms with van der Waals surface area (Å²) in [6.45, 7) is 4.73. The molecule has 2 unspecified atom stereocenters. The number of aliphatic hydroxyl groups is 1. The van der Waals surface area contributed by atoms with Gasteiger partial charge in [0.2, 0.25) is 0 Å². The summed E-state index contributed by atoms with van der Waals surface area (Å²) in [6, 6.07) is 0. The summed E-state index contributed by atoms with van der Waals surface area (Å²) in [5.41, 5.74) is 0. The van der Waals surface area contributed by atoms with Crippen LogP contribution in [-0.2, 0) is 65.4 Å². The third-order valence-electron chi connectivity index (χ3n) is 13.1. The maximum Gasteiger partial charge on any atom is 0.472 e. The molecule has 3 N–H and O–H groups in total. The summed E-state index contributed by atoms with van der Waals surface area (Å²) >= 11 is 0. The second-order valence-electron chi connectivity index (χ2n) is 20.7. The number of rotatable bonds is 58. The van der Waals surface area contributed by atoms with Crippen LogP contribution in [0.25, 0.3) is 0 Å². The van der Waals surface area contributed by atoms with E-state index in [1.54, 1.807) is 0 Å². The van der Waals surface area contributed by atoms with Gasteiger partial charge >= 0.3 is 39.5 Å². The van der Waals surface area contributed by atoms with Gasteiger partial charge in [0.1, 0.15) is 19.3 Å². The van der Waals surface area contributed by atoms with Gasteiger partial charge in [0.05, 0.1) is 26.4 Å². The minimum absolute atomic E-state index is 0.105. The molecule has 17 nitrogen and oxygen atoms in total. The Morgan fingerprint density at radius 2 is 0.526 bits per heavy atom. The molecule has 0 rings (SSSR count). The lowest BCUT2D eigenvalue weighted by Crippen LogP contribution is -2.30. The zero-order valence-electron chi connectivity index (χ0n) is 48.2. The largest absolute Gasteiger partial charge is 0.472 e. The van der Waals surface area contributed by atoms with Crippen molar-refractivity contribution in [1.82, 2.24) is 0 Å². The monoisotopic (exact) mass is 1130 g/mol. The van der Waals surface area contributed by atoms with Crippen molar-refractivity contribution < 1.29 is 80.2 Å². The van der Waals surface area contributed by atoms with Crippen LogP contribution < -0.4 is 0 Å². The van der Waals surface area contributed by atoms with Crippen molar-refractivity contribution in [3.8, 4) is 0 Å². The Hall–Kier alpha value is -1.94. The van der Waals surface area contributed by atoms with Gasteiger partial charge in [-0.2, -0.15) is 0 Å². The van der Waals surface area contributed by atoms with E-state index < -0.39 is 97.5 Å². The number of aliphatic hydroxyl groups excluding tert-OH is 1. The van der Waals surface area contributed by atoms with Crippen LogP contribution >= 0.6 is 15.6 Å². The highest BCUT2D eigenvalue weighted by molar-refractivity contribution is 7.47. The first-order valence-electron chi connectivity index (χ1n) is 30.3. The number of hydrogen-bond acceptors (Lipinski definition) is 15. The number of hydrogen-bond donors (Lipinski definition) is 3. The molecule has 450 valence electrons. The van der Waals surface area contributed by atoms with E-state index in [4.69, 9.17) is 37.0 Å². The highest BCUT2D eigenvalue weighted by Crippen LogP contribution is 2.45. The second-order valence-corrected chi connectivity index (χ2v) is 23.6. The fraction of sp³-hybridized carbons (Fsp3) is 0.930. The quantitative estimate of drug-likeness (QED) is 0.0222. The highest BCUT2D eigenvalue weighted by Gasteiger charge is 2.30. The molecule has 0 amide bonds. The Labute approximate surface area is 460 Å². The topological polar surface area (TPSA) is 237 Å². The van der Waals surface area contributed by atoms with Crippen molar-refractivity contribution in [2.75, 3.05) is 39.6 Å². The summed E-state index contributed by atoms with van der Waals surface area (Å²) in [7, 11) is -9.86. The number of esters is 4. The number of ether oxygens (including phenoxy) is 4. The highest BCUT2D eigenvalue weighted by atomic mass is 31.2. The van der Waals surface area contributed by atoms with E-state index in [0.29, 0.717) is 25.7 Å². The van der Waals surface area contributed by atoms with Gasteiger partial charge in [-0.25, -0.2) is 9.13 Å². The van der Waals surface area contributed by atoms with Gasteiger partial charge in [-0.3, -0.25) is 37.3 Å². The molecule has 0 aliphatic rings. The maximum absolute atomic E-state index is 12.9. The zero-order valence-corrected chi connectivity index (χ0v) is 50.0. The first-order valence-corrected chi connectivity index (χ1v) is 33.3. The third-order valence-corrected chi connectivity index (χ3v) is 15.0. The number of unbranched alkanes of at least 4 members (excludes halogenated alkanes) is 32. The average Bonchev–Trinajstić information content (AvgIpc) is 3.39. The van der Waals surface area contributed by atoms with Gasteiger partial charge in [0.15, 0.2) is 12.2 Å². The molecule has 19 heteroatoms. The van der Waals surface area contributed by atoms with Crippen molar-refractivity contribution in [1.29, 1.82) is 0 Å². The lowest BCUT2D eigenvalue weighted by Gasteiger charge is -2.21. The van der Waals surface area contributed by atoms with Crippen molar-refractivity contribution in [3.63, 3.8) is 0 Å². The molecule has 0 aliphatic carbocycles. The molecule has 0 radical (unpaired) electrons. The fourth-order valence-electron chi connectivity index (χ4n) is 8.40. The van der Waals surface area contributed by atoms with E-state index in [-0.39, 0.29) is 25.7 Å². The number of phosphoric acid groups is 2. The molecular formula is C57H110O17P2. The number of carbonyl (C=O) groups excluding carboxylic acids is 4. The Bertz CT molecular complexity index is 1490. The molecule has 0 saturated heterocycles. The molecule has 0 heterocycles. The predicted molar refractivity (Wildman–Crippen MR) is 299 cm³/mol. The summed E-state index contributed by atoms with van der Waals surface area (Å²) in [6.07, 6.45) is 35.1.